The number of ether oxygens (including phenoxy) is 1. The van der Waals surface area contributed by atoms with E-state index in [9.17, 15) is 19.2 Å². The van der Waals surface area contributed by atoms with Crippen LogP contribution in [0.15, 0.2) is 54.7 Å². The molecule has 0 radical (unpaired) electrons. The van der Waals surface area contributed by atoms with E-state index in [2.05, 4.69) is 61.2 Å². The van der Waals surface area contributed by atoms with Crippen molar-refractivity contribution in [1.82, 2.24) is 35.2 Å². The van der Waals surface area contributed by atoms with Crippen LogP contribution in [0.1, 0.15) is 85.4 Å². The highest BCUT2D eigenvalue weighted by atomic mass is 16.5. The Bertz CT molecular complexity index is 2390. The molecule has 4 amide bonds. The maximum absolute atomic E-state index is 13.4. The van der Waals surface area contributed by atoms with Gasteiger partial charge in [0.15, 0.2) is 0 Å². The second-order valence-corrected chi connectivity index (χ2v) is 18.9. The van der Waals surface area contributed by atoms with Gasteiger partial charge in [-0.3, -0.25) is 39.4 Å². The first-order valence-corrected chi connectivity index (χ1v) is 22.1. The molecule has 5 saturated heterocycles. The number of rotatable bonds is 10. The number of fused-ring (bicyclic) bond motifs is 2. The predicted molar refractivity (Wildman–Crippen MR) is 226 cm³/mol. The SMILES string of the molecule is CC1(Oc2ccc3[nH]nc(-c4ccnc(N5CC6(CCN6CC6CCN(CC7CCN(c8ccc9c(c8)C(=O)N(C8CCC(=O)NC8=O)C9=O)CC7)CC6)C5)c4)c3c2)CC1. The molecule has 6 fully saturated rings. The van der Waals surface area contributed by atoms with Gasteiger partial charge in [-0.25, -0.2) is 4.98 Å². The van der Waals surface area contributed by atoms with Gasteiger partial charge in [-0.15, -0.1) is 0 Å². The van der Waals surface area contributed by atoms with Crippen LogP contribution in [0.2, 0.25) is 0 Å². The number of amides is 4. The maximum atomic E-state index is 13.4. The number of aromatic amines is 1. The molecule has 4 aromatic rings. The summed E-state index contributed by atoms with van der Waals surface area (Å²) in [4.78, 5) is 66.7. The molecule has 11 rings (SSSR count). The van der Waals surface area contributed by atoms with Crippen LogP contribution in [-0.4, -0.2) is 130 Å². The lowest BCUT2D eigenvalue weighted by molar-refractivity contribution is -0.136. The van der Waals surface area contributed by atoms with Gasteiger partial charge >= 0.3 is 0 Å². The number of benzene rings is 2. The molecule has 2 aromatic carbocycles. The predicted octanol–water partition coefficient (Wildman–Crippen LogP) is 4.85. The number of carbonyl (C=O) groups excluding carboxylic acids is 4. The van der Waals surface area contributed by atoms with Gasteiger partial charge in [-0.05, 0) is 132 Å². The number of likely N-dealkylation sites (tertiary alicyclic amines) is 2. The Hall–Kier alpha value is -5.34. The molecule has 1 atom stereocenters. The van der Waals surface area contributed by atoms with E-state index in [1.54, 1.807) is 6.07 Å². The summed E-state index contributed by atoms with van der Waals surface area (Å²) in [6.45, 7) is 11.9. The third-order valence-electron chi connectivity index (χ3n) is 14.8. The molecular weight excluding hydrogens is 759 g/mol. The van der Waals surface area contributed by atoms with E-state index < -0.39 is 23.8 Å². The van der Waals surface area contributed by atoms with Crippen molar-refractivity contribution in [3.8, 4) is 17.0 Å². The third kappa shape index (κ3) is 6.72. The number of nitrogens with zero attached hydrogens (tertiary/aromatic N) is 7. The highest BCUT2D eigenvalue weighted by Gasteiger charge is 2.54. The van der Waals surface area contributed by atoms with E-state index in [1.807, 2.05) is 24.4 Å². The molecule has 1 spiro atoms. The number of imide groups is 2. The second-order valence-electron chi connectivity index (χ2n) is 18.9. The lowest BCUT2D eigenvalue weighted by Gasteiger charge is -2.63. The quantitative estimate of drug-likeness (QED) is 0.212. The zero-order chi connectivity index (χ0) is 40.8. The molecule has 2 N–H and O–H groups in total. The minimum Gasteiger partial charge on any atom is -0.488 e. The first kappa shape index (κ1) is 37.6. The van der Waals surface area contributed by atoms with Crippen LogP contribution in [0.3, 0.4) is 0 Å². The van der Waals surface area contributed by atoms with Gasteiger partial charge < -0.3 is 19.4 Å². The number of hydrogen-bond donors (Lipinski definition) is 2. The van der Waals surface area contributed by atoms with Gasteiger partial charge in [0.1, 0.15) is 28.9 Å². The molecule has 2 aromatic heterocycles. The Balaban J connectivity index is 0.639. The van der Waals surface area contributed by atoms with Gasteiger partial charge in [0.25, 0.3) is 11.8 Å². The maximum Gasteiger partial charge on any atom is 0.262 e. The Morgan fingerprint density at radius 1 is 0.783 bits per heavy atom. The number of pyridine rings is 1. The number of nitrogens with one attached hydrogen (secondary N) is 2. The van der Waals surface area contributed by atoms with Gasteiger partial charge in [-0.2, -0.15) is 5.10 Å². The van der Waals surface area contributed by atoms with E-state index in [4.69, 9.17) is 14.8 Å². The Morgan fingerprint density at radius 2 is 1.55 bits per heavy atom. The lowest BCUT2D eigenvalue weighted by atomic mass is 9.76. The summed E-state index contributed by atoms with van der Waals surface area (Å²) in [7, 11) is 0. The molecule has 6 aliphatic heterocycles. The highest BCUT2D eigenvalue weighted by Crippen LogP contribution is 2.44. The molecule has 14 nitrogen and oxygen atoms in total. The number of H-pyrrole nitrogens is 1. The summed E-state index contributed by atoms with van der Waals surface area (Å²) in [6.07, 6.45) is 10.3. The standard InChI is InChI=1S/C46H53N9O5/c1-45(13-14-45)60-33-3-5-37-36(24-33)41(50-49-37)31-8-16-47-39(22-31)53-27-46(28-53)15-21-54(46)26-30-9-17-51(18-10-30)25-29-11-19-52(20-12-29)32-2-4-34-35(23-32)44(59)55(43(34)58)38-6-7-40(56)48-42(38)57/h2-5,8,16,22-24,29-30,38H,6-7,9-15,17-21,25-28H2,1H3,(H,49,50)(H,48,56,57). The molecule has 312 valence electrons. The largest absolute Gasteiger partial charge is 0.488 e. The zero-order valence-corrected chi connectivity index (χ0v) is 34.3. The molecule has 1 aliphatic carbocycles. The van der Waals surface area contributed by atoms with E-state index in [0.717, 1.165) is 122 Å². The summed E-state index contributed by atoms with van der Waals surface area (Å²) in [5.41, 5.74) is 4.88. The minimum atomic E-state index is -0.949. The summed E-state index contributed by atoms with van der Waals surface area (Å²) in [5, 5.41) is 11.3. The fraction of sp³-hybridized carbons (Fsp3) is 0.522. The Kier molecular flexibility index (Phi) is 9.03. The molecule has 60 heavy (non-hydrogen) atoms. The van der Waals surface area contributed by atoms with Crippen LogP contribution in [-0.2, 0) is 9.59 Å². The fourth-order valence-electron chi connectivity index (χ4n) is 10.7. The smallest absolute Gasteiger partial charge is 0.262 e. The minimum absolute atomic E-state index is 0.0266. The first-order chi connectivity index (χ1) is 29.1. The second kappa shape index (κ2) is 14.4. The number of anilines is 2. The molecule has 14 heteroatoms. The van der Waals surface area contributed by atoms with Crippen LogP contribution in [0.25, 0.3) is 22.2 Å². The third-order valence-corrected chi connectivity index (χ3v) is 14.8. The first-order valence-electron chi connectivity index (χ1n) is 22.1. The van der Waals surface area contributed by atoms with Crippen LogP contribution < -0.4 is 19.9 Å². The van der Waals surface area contributed by atoms with E-state index in [1.165, 1.54) is 32.4 Å². The monoisotopic (exact) mass is 811 g/mol. The van der Waals surface area contributed by atoms with Gasteiger partial charge in [0, 0.05) is 75.1 Å². The summed E-state index contributed by atoms with van der Waals surface area (Å²) < 4.78 is 6.26. The van der Waals surface area contributed by atoms with Crippen molar-refractivity contribution < 1.29 is 23.9 Å². The molecule has 8 heterocycles. The molecule has 0 bridgehead atoms. The van der Waals surface area contributed by atoms with Crippen molar-refractivity contribution in [1.29, 1.82) is 0 Å². The lowest BCUT2D eigenvalue weighted by Crippen LogP contribution is -2.77. The topological polar surface area (TPSA) is 147 Å². The van der Waals surface area contributed by atoms with Crippen molar-refractivity contribution in [2.75, 3.05) is 68.7 Å². The Labute approximate surface area is 349 Å². The van der Waals surface area contributed by atoms with Crippen molar-refractivity contribution in [2.45, 2.75) is 81.9 Å². The number of aromatic nitrogens is 3. The summed E-state index contributed by atoms with van der Waals surface area (Å²) >= 11 is 0. The molecule has 7 aliphatic rings. The van der Waals surface area contributed by atoms with Crippen LogP contribution in [0, 0.1) is 11.8 Å². The normalized spacial score (nSPS) is 24.5. The fourth-order valence-corrected chi connectivity index (χ4v) is 10.7. The number of carbonyl (C=O) groups is 4. The number of hydrogen-bond acceptors (Lipinski definition) is 11. The number of piperidine rings is 3. The van der Waals surface area contributed by atoms with Crippen LogP contribution in [0.5, 0.6) is 5.75 Å². The summed E-state index contributed by atoms with van der Waals surface area (Å²) in [6, 6.07) is 15.0. The molecule has 1 saturated carbocycles. The van der Waals surface area contributed by atoms with Crippen LogP contribution in [0.4, 0.5) is 11.5 Å². The van der Waals surface area contributed by atoms with Gasteiger partial charge in [0.05, 0.1) is 22.2 Å². The van der Waals surface area contributed by atoms with Crippen molar-refractivity contribution >= 4 is 46.0 Å². The van der Waals surface area contributed by atoms with E-state index >= 15 is 0 Å². The Morgan fingerprint density at radius 3 is 2.30 bits per heavy atom. The van der Waals surface area contributed by atoms with E-state index in [-0.39, 0.29) is 29.9 Å². The van der Waals surface area contributed by atoms with Crippen molar-refractivity contribution in [3.63, 3.8) is 0 Å². The molecular formula is C46H53N9O5. The zero-order valence-electron chi connectivity index (χ0n) is 34.3. The highest BCUT2D eigenvalue weighted by molar-refractivity contribution is 6.23. The van der Waals surface area contributed by atoms with Crippen molar-refractivity contribution in [3.05, 3.63) is 65.9 Å². The average Bonchev–Trinajstić information content (AvgIpc) is 3.71. The summed E-state index contributed by atoms with van der Waals surface area (Å²) in [5.74, 6) is 1.42. The van der Waals surface area contributed by atoms with Gasteiger partial charge in [0.2, 0.25) is 11.8 Å². The average molecular weight is 812 g/mol. The van der Waals surface area contributed by atoms with E-state index in [0.29, 0.717) is 17.0 Å². The van der Waals surface area contributed by atoms with Crippen molar-refractivity contribution in [2.24, 2.45) is 11.8 Å². The molecule has 1 unspecified atom stereocenters. The van der Waals surface area contributed by atoms with Crippen LogP contribution >= 0.6 is 0 Å². The van der Waals surface area contributed by atoms with Gasteiger partial charge in [-0.1, -0.05) is 0 Å².